The minimum Gasteiger partial charge on any atom is -0.467 e. The third-order valence-electron chi connectivity index (χ3n) is 3.93. The first kappa shape index (κ1) is 15.0. The summed E-state index contributed by atoms with van der Waals surface area (Å²) in [5.74, 6) is -1.01. The van der Waals surface area contributed by atoms with Crippen molar-refractivity contribution >= 4 is 11.9 Å². The van der Waals surface area contributed by atoms with Crippen molar-refractivity contribution in [2.24, 2.45) is 0 Å². The van der Waals surface area contributed by atoms with Gasteiger partial charge in [-0.25, -0.2) is 4.79 Å². The van der Waals surface area contributed by atoms with Crippen LogP contribution in [0.3, 0.4) is 0 Å². The molecule has 2 aliphatic rings. The molecular weight excluding hydrogens is 290 g/mol. The van der Waals surface area contributed by atoms with Crippen LogP contribution >= 0.6 is 0 Å². The van der Waals surface area contributed by atoms with Crippen molar-refractivity contribution in [2.45, 2.75) is 31.1 Å². The predicted molar refractivity (Wildman–Crippen MR) is 73.4 cm³/mol. The first-order valence-corrected chi connectivity index (χ1v) is 6.99. The van der Waals surface area contributed by atoms with E-state index in [0.29, 0.717) is 6.54 Å². The highest BCUT2D eigenvalue weighted by Gasteiger charge is 2.55. The van der Waals surface area contributed by atoms with E-state index in [9.17, 15) is 14.7 Å². The number of esters is 1. The normalized spacial score (nSPS) is 30.5. The summed E-state index contributed by atoms with van der Waals surface area (Å²) in [4.78, 5) is 25.7. The molecule has 2 bridgehead atoms. The Labute approximate surface area is 127 Å². The van der Waals surface area contributed by atoms with Gasteiger partial charge in [-0.15, -0.1) is 0 Å². The number of carbonyl (C=O) groups is 2. The maximum absolute atomic E-state index is 12.4. The van der Waals surface area contributed by atoms with Crippen molar-refractivity contribution in [3.8, 4) is 0 Å². The van der Waals surface area contributed by atoms with Gasteiger partial charge < -0.3 is 24.2 Å². The average molecular weight is 307 g/mol. The van der Waals surface area contributed by atoms with Crippen LogP contribution in [0.2, 0.25) is 0 Å². The molecule has 0 spiro atoms. The van der Waals surface area contributed by atoms with Crippen LogP contribution in [0.15, 0.2) is 30.3 Å². The molecule has 1 N–H and O–H groups in total. The fourth-order valence-corrected chi connectivity index (χ4v) is 2.83. The number of carbonyl (C=O) groups excluding carboxylic acids is 2. The standard InChI is InChI=1S/C15H17NO6/c1-20-14(19)12-11-10(8-17)16(13(18)15(21-11)22-12)7-9-5-3-2-4-6-9/h2-6,10-12,15,17H,7-8H2,1H3/t10-,11+,12-,15-/m0/s1. The Morgan fingerprint density at radius 1 is 1.32 bits per heavy atom. The SMILES string of the molecule is COC(=O)[C@H]1O[C@@H]2O[C@@H]1[C@H](CO)N(Cc1ccccc1)C2=O. The second-order valence-electron chi connectivity index (χ2n) is 5.21. The zero-order chi connectivity index (χ0) is 15.7. The Balaban J connectivity index is 1.85. The number of hydrogen-bond acceptors (Lipinski definition) is 6. The van der Waals surface area contributed by atoms with Crippen LogP contribution < -0.4 is 0 Å². The van der Waals surface area contributed by atoms with E-state index in [1.807, 2.05) is 30.3 Å². The first-order chi connectivity index (χ1) is 10.7. The molecule has 1 aromatic rings. The average Bonchev–Trinajstić information content (AvgIpc) is 2.95. The molecule has 0 unspecified atom stereocenters. The van der Waals surface area contributed by atoms with Crippen molar-refractivity contribution in [2.75, 3.05) is 13.7 Å². The minimum atomic E-state index is -1.12. The van der Waals surface area contributed by atoms with Gasteiger partial charge >= 0.3 is 5.97 Å². The van der Waals surface area contributed by atoms with Crippen molar-refractivity contribution < 1.29 is 28.9 Å². The number of fused-ring (bicyclic) bond motifs is 2. The van der Waals surface area contributed by atoms with E-state index in [-0.39, 0.29) is 6.61 Å². The quantitative estimate of drug-likeness (QED) is 0.767. The second-order valence-corrected chi connectivity index (χ2v) is 5.21. The first-order valence-electron chi connectivity index (χ1n) is 6.99. The third kappa shape index (κ3) is 2.47. The summed E-state index contributed by atoms with van der Waals surface area (Å²) in [5.41, 5.74) is 0.921. The summed E-state index contributed by atoms with van der Waals surface area (Å²) < 4.78 is 15.5. The third-order valence-corrected chi connectivity index (χ3v) is 3.93. The van der Waals surface area contributed by atoms with Crippen molar-refractivity contribution in [1.29, 1.82) is 0 Å². The van der Waals surface area contributed by atoms with E-state index >= 15 is 0 Å². The highest BCUT2D eigenvalue weighted by molar-refractivity contribution is 5.84. The fraction of sp³-hybridized carbons (Fsp3) is 0.467. The molecule has 4 atom stereocenters. The Kier molecular flexibility index (Phi) is 4.10. The number of morpholine rings is 1. The molecule has 1 aromatic carbocycles. The smallest absolute Gasteiger partial charge is 0.337 e. The Morgan fingerprint density at radius 2 is 2.05 bits per heavy atom. The lowest BCUT2D eigenvalue weighted by Crippen LogP contribution is -2.57. The van der Waals surface area contributed by atoms with Gasteiger partial charge in [0.2, 0.25) is 6.29 Å². The second kappa shape index (κ2) is 6.04. The van der Waals surface area contributed by atoms with Gasteiger partial charge in [-0.05, 0) is 5.56 Å². The topological polar surface area (TPSA) is 85.3 Å². The van der Waals surface area contributed by atoms with E-state index in [2.05, 4.69) is 4.74 Å². The highest BCUT2D eigenvalue weighted by Crippen LogP contribution is 2.32. The van der Waals surface area contributed by atoms with Gasteiger partial charge in [-0.2, -0.15) is 0 Å². The van der Waals surface area contributed by atoms with Crippen molar-refractivity contribution in [3.05, 3.63) is 35.9 Å². The minimum absolute atomic E-state index is 0.318. The summed E-state index contributed by atoms with van der Waals surface area (Å²) in [6, 6.07) is 8.74. The lowest BCUT2D eigenvalue weighted by atomic mass is 10.0. The van der Waals surface area contributed by atoms with E-state index < -0.39 is 36.4 Å². The molecule has 0 radical (unpaired) electrons. The van der Waals surface area contributed by atoms with Gasteiger partial charge in [0.15, 0.2) is 6.10 Å². The van der Waals surface area contributed by atoms with Gasteiger partial charge in [0.25, 0.3) is 5.91 Å². The summed E-state index contributed by atoms with van der Waals surface area (Å²) in [6.07, 6.45) is -2.86. The number of ether oxygens (including phenoxy) is 3. The molecule has 0 saturated carbocycles. The monoisotopic (exact) mass is 307 g/mol. The van der Waals surface area contributed by atoms with Gasteiger partial charge in [-0.1, -0.05) is 30.3 Å². The van der Waals surface area contributed by atoms with Gasteiger partial charge in [0.05, 0.1) is 19.8 Å². The van der Waals surface area contributed by atoms with Crippen molar-refractivity contribution in [1.82, 2.24) is 4.90 Å². The number of methoxy groups -OCH3 is 1. The fourth-order valence-electron chi connectivity index (χ4n) is 2.83. The molecular formula is C15H17NO6. The van der Waals surface area contributed by atoms with Crippen LogP contribution in [0, 0.1) is 0 Å². The Morgan fingerprint density at radius 3 is 2.68 bits per heavy atom. The lowest BCUT2D eigenvalue weighted by molar-refractivity contribution is -0.181. The molecule has 7 nitrogen and oxygen atoms in total. The molecule has 7 heteroatoms. The number of aliphatic hydroxyl groups is 1. The summed E-state index contributed by atoms with van der Waals surface area (Å²) >= 11 is 0. The molecule has 2 fully saturated rings. The summed E-state index contributed by atoms with van der Waals surface area (Å²) in [5, 5.41) is 9.67. The number of aliphatic hydroxyl groups excluding tert-OH is 1. The maximum atomic E-state index is 12.4. The molecule has 2 heterocycles. The molecule has 0 aliphatic carbocycles. The van der Waals surface area contributed by atoms with Crippen LogP contribution in [-0.2, 0) is 30.3 Å². The molecule has 2 saturated heterocycles. The molecule has 2 aliphatic heterocycles. The molecule has 118 valence electrons. The molecule has 22 heavy (non-hydrogen) atoms. The predicted octanol–water partition coefficient (Wildman–Crippen LogP) is -0.327. The zero-order valence-corrected chi connectivity index (χ0v) is 12.0. The highest BCUT2D eigenvalue weighted by atomic mass is 16.8. The zero-order valence-electron chi connectivity index (χ0n) is 12.0. The summed E-state index contributed by atoms with van der Waals surface area (Å²) in [6.45, 7) is -0.00860. The van der Waals surface area contributed by atoms with E-state index in [0.717, 1.165) is 5.56 Å². The van der Waals surface area contributed by atoms with E-state index in [1.165, 1.54) is 12.0 Å². The number of amides is 1. The van der Waals surface area contributed by atoms with Crippen molar-refractivity contribution in [3.63, 3.8) is 0 Å². The largest absolute Gasteiger partial charge is 0.467 e. The molecule has 3 rings (SSSR count). The van der Waals surface area contributed by atoms with Gasteiger partial charge in [0, 0.05) is 6.54 Å². The Hall–Kier alpha value is -1.96. The molecule has 1 amide bonds. The van der Waals surface area contributed by atoms with E-state index in [4.69, 9.17) is 9.47 Å². The van der Waals surface area contributed by atoms with Crippen LogP contribution in [0.1, 0.15) is 5.56 Å². The van der Waals surface area contributed by atoms with Crippen LogP contribution in [0.25, 0.3) is 0 Å². The summed E-state index contributed by atoms with van der Waals surface area (Å²) in [7, 11) is 1.24. The Bertz CT molecular complexity index is 562. The van der Waals surface area contributed by atoms with Crippen LogP contribution in [0.4, 0.5) is 0 Å². The van der Waals surface area contributed by atoms with E-state index in [1.54, 1.807) is 0 Å². The number of nitrogens with zero attached hydrogens (tertiary/aromatic N) is 1. The number of benzene rings is 1. The van der Waals surface area contributed by atoms with Gasteiger partial charge in [-0.3, -0.25) is 4.79 Å². The van der Waals surface area contributed by atoms with Crippen LogP contribution in [-0.4, -0.2) is 60.1 Å². The maximum Gasteiger partial charge on any atom is 0.337 e. The molecule has 0 aromatic heterocycles. The van der Waals surface area contributed by atoms with Gasteiger partial charge in [0.1, 0.15) is 6.10 Å². The number of hydrogen-bond donors (Lipinski definition) is 1. The number of rotatable bonds is 4. The van der Waals surface area contributed by atoms with Crippen LogP contribution in [0.5, 0.6) is 0 Å². The lowest BCUT2D eigenvalue weighted by Gasteiger charge is -2.38.